The minimum atomic E-state index is -0.874. The molecule has 7 nitrogen and oxygen atoms in total. The van der Waals surface area contributed by atoms with E-state index >= 15 is 0 Å². The molecule has 2 rings (SSSR count). The van der Waals surface area contributed by atoms with Gasteiger partial charge in [-0.1, -0.05) is 0 Å². The summed E-state index contributed by atoms with van der Waals surface area (Å²) in [4.78, 5) is 29.3. The number of esters is 2. The average Bonchev–Trinajstić information content (AvgIpc) is 2.54. The summed E-state index contributed by atoms with van der Waals surface area (Å²) in [6.45, 7) is 7.20. The van der Waals surface area contributed by atoms with Gasteiger partial charge in [0.2, 0.25) is 0 Å². The van der Waals surface area contributed by atoms with Gasteiger partial charge in [0, 0.05) is 17.6 Å². The van der Waals surface area contributed by atoms with Crippen LogP contribution in [0.2, 0.25) is 0 Å². The van der Waals surface area contributed by atoms with E-state index < -0.39 is 17.9 Å². The van der Waals surface area contributed by atoms with Crippen LogP contribution >= 0.6 is 0 Å². The summed E-state index contributed by atoms with van der Waals surface area (Å²) in [6.07, 6.45) is 1.49. The molecule has 0 amide bonds. The summed E-state index contributed by atoms with van der Waals surface area (Å²) in [5.74, 6) is -2.13. The zero-order valence-corrected chi connectivity index (χ0v) is 14.8. The number of hydrogen-bond acceptors (Lipinski definition) is 7. The highest BCUT2D eigenvalue weighted by Gasteiger charge is 2.39. The van der Waals surface area contributed by atoms with Crippen LogP contribution in [0.3, 0.4) is 0 Å². The van der Waals surface area contributed by atoms with E-state index in [9.17, 15) is 14.7 Å². The highest BCUT2D eigenvalue weighted by atomic mass is 16.5. The minimum absolute atomic E-state index is 0.112. The van der Waals surface area contributed by atoms with Crippen molar-refractivity contribution in [3.05, 3.63) is 46.6 Å². The highest BCUT2D eigenvalue weighted by Crippen LogP contribution is 2.41. The fourth-order valence-corrected chi connectivity index (χ4v) is 2.86. The van der Waals surface area contributed by atoms with Gasteiger partial charge in [0.05, 0.1) is 36.0 Å². The van der Waals surface area contributed by atoms with Crippen molar-refractivity contribution >= 4 is 11.9 Å². The smallest absolute Gasteiger partial charge is 0.336 e. The predicted octanol–water partition coefficient (Wildman–Crippen LogP) is 2.15. The van der Waals surface area contributed by atoms with E-state index in [0.29, 0.717) is 11.4 Å². The monoisotopic (exact) mass is 346 g/mol. The Kier molecular flexibility index (Phi) is 5.80. The molecule has 0 saturated carbocycles. The van der Waals surface area contributed by atoms with Crippen LogP contribution in [0.5, 0.6) is 5.75 Å². The molecule has 0 fully saturated rings. The quantitative estimate of drug-likeness (QED) is 0.788. The first kappa shape index (κ1) is 18.5. The Labute approximate surface area is 146 Å². The summed E-state index contributed by atoms with van der Waals surface area (Å²) in [7, 11) is 0. The maximum Gasteiger partial charge on any atom is 0.336 e. The van der Waals surface area contributed by atoms with Crippen molar-refractivity contribution < 1.29 is 24.2 Å². The fourth-order valence-electron chi connectivity index (χ4n) is 2.86. The average molecular weight is 346 g/mol. The molecule has 1 aromatic heterocycles. The summed E-state index contributed by atoms with van der Waals surface area (Å²) < 4.78 is 10.3. The number of carbonyl (C=O) groups excluding carboxylic acids is 2. The molecule has 0 radical (unpaired) electrons. The number of nitrogens with zero attached hydrogens (tertiary/aromatic N) is 1. The second-order valence-electron chi connectivity index (χ2n) is 5.48. The molecule has 2 N–H and O–H groups in total. The lowest BCUT2D eigenvalue weighted by Gasteiger charge is -2.30. The van der Waals surface area contributed by atoms with Gasteiger partial charge in [-0.05, 0) is 39.8 Å². The first-order chi connectivity index (χ1) is 11.9. The van der Waals surface area contributed by atoms with Gasteiger partial charge < -0.3 is 19.9 Å². The van der Waals surface area contributed by atoms with Crippen LogP contribution in [-0.4, -0.2) is 35.2 Å². The van der Waals surface area contributed by atoms with Gasteiger partial charge in [-0.3, -0.25) is 4.98 Å². The second-order valence-corrected chi connectivity index (χ2v) is 5.48. The molecule has 7 heteroatoms. The number of dihydropyridines is 1. The number of allylic oxidation sites excluding steroid dienone is 2. The first-order valence-electron chi connectivity index (χ1n) is 8.08. The molecular formula is C18H22N2O5. The van der Waals surface area contributed by atoms with Crippen LogP contribution in [0.1, 0.15) is 39.3 Å². The molecule has 0 bridgehead atoms. The zero-order chi connectivity index (χ0) is 18.6. The Morgan fingerprint density at radius 2 is 1.64 bits per heavy atom. The lowest BCUT2D eigenvalue weighted by molar-refractivity contribution is -0.139. The van der Waals surface area contributed by atoms with Gasteiger partial charge in [-0.25, -0.2) is 9.59 Å². The highest BCUT2D eigenvalue weighted by molar-refractivity contribution is 5.99. The Morgan fingerprint density at radius 3 is 2.08 bits per heavy atom. The Bertz CT molecular complexity index is 712. The van der Waals surface area contributed by atoms with Crippen molar-refractivity contribution in [1.82, 2.24) is 10.3 Å². The molecule has 1 aliphatic rings. The summed E-state index contributed by atoms with van der Waals surface area (Å²) in [5.41, 5.74) is 1.74. The summed E-state index contributed by atoms with van der Waals surface area (Å²) in [6, 6.07) is 3.03. The molecule has 0 spiro atoms. The number of aromatic nitrogens is 1. The molecule has 0 unspecified atom stereocenters. The standard InChI is InChI=1S/C18H22N2O5/c1-5-24-17(22)13-10(3)20-11(4)14(18(23)25-6-2)15(13)16-12(21)8-7-9-19-16/h7-9,15,20-21H,5-6H2,1-4H3. The van der Waals surface area contributed by atoms with Gasteiger partial charge in [-0.15, -0.1) is 0 Å². The van der Waals surface area contributed by atoms with E-state index in [1.165, 1.54) is 12.3 Å². The van der Waals surface area contributed by atoms with Crippen LogP contribution in [0, 0.1) is 0 Å². The van der Waals surface area contributed by atoms with Crippen molar-refractivity contribution in [2.75, 3.05) is 13.2 Å². The Balaban J connectivity index is 2.66. The van der Waals surface area contributed by atoms with Gasteiger partial charge in [0.25, 0.3) is 0 Å². The van der Waals surface area contributed by atoms with Gasteiger partial charge >= 0.3 is 11.9 Å². The van der Waals surface area contributed by atoms with Crippen molar-refractivity contribution in [2.24, 2.45) is 0 Å². The third kappa shape index (κ3) is 3.65. The molecule has 0 aliphatic carbocycles. The van der Waals surface area contributed by atoms with E-state index in [1.807, 2.05) is 0 Å². The maximum atomic E-state index is 12.5. The van der Waals surface area contributed by atoms with Crippen LogP contribution < -0.4 is 5.32 Å². The topological polar surface area (TPSA) is 97.8 Å². The SMILES string of the molecule is CCOC(=O)C1=C(C)NC(C)=C(C(=O)OCC)C1c1ncccc1O. The molecule has 1 aliphatic heterocycles. The van der Waals surface area contributed by atoms with Crippen molar-refractivity contribution in [2.45, 2.75) is 33.6 Å². The third-order valence-corrected chi connectivity index (χ3v) is 3.84. The van der Waals surface area contributed by atoms with Gasteiger partial charge in [0.15, 0.2) is 0 Å². The number of nitrogens with one attached hydrogen (secondary N) is 1. The van der Waals surface area contributed by atoms with Gasteiger partial charge in [0.1, 0.15) is 5.75 Å². The Morgan fingerprint density at radius 1 is 1.12 bits per heavy atom. The number of rotatable bonds is 5. The van der Waals surface area contributed by atoms with Crippen LogP contribution in [-0.2, 0) is 19.1 Å². The molecule has 2 heterocycles. The zero-order valence-electron chi connectivity index (χ0n) is 14.8. The lowest BCUT2D eigenvalue weighted by atomic mass is 9.82. The molecule has 25 heavy (non-hydrogen) atoms. The number of ether oxygens (including phenoxy) is 2. The normalized spacial score (nSPS) is 15.0. The van der Waals surface area contributed by atoms with Crippen molar-refractivity contribution in [1.29, 1.82) is 0 Å². The predicted molar refractivity (Wildman–Crippen MR) is 90.4 cm³/mol. The van der Waals surface area contributed by atoms with E-state index in [2.05, 4.69) is 10.3 Å². The molecule has 0 saturated heterocycles. The maximum absolute atomic E-state index is 12.5. The molecule has 1 aromatic rings. The fraction of sp³-hybridized carbons (Fsp3) is 0.389. The number of aromatic hydroxyl groups is 1. The van der Waals surface area contributed by atoms with E-state index in [1.54, 1.807) is 33.8 Å². The van der Waals surface area contributed by atoms with Crippen molar-refractivity contribution in [3.63, 3.8) is 0 Å². The van der Waals surface area contributed by atoms with E-state index in [0.717, 1.165) is 0 Å². The second kappa shape index (κ2) is 7.83. The number of hydrogen-bond donors (Lipinski definition) is 2. The summed E-state index contributed by atoms with van der Waals surface area (Å²) >= 11 is 0. The third-order valence-electron chi connectivity index (χ3n) is 3.84. The van der Waals surface area contributed by atoms with Crippen molar-refractivity contribution in [3.8, 4) is 5.75 Å². The molecule has 134 valence electrons. The van der Waals surface area contributed by atoms with Crippen LogP contribution in [0.25, 0.3) is 0 Å². The van der Waals surface area contributed by atoms with Gasteiger partial charge in [-0.2, -0.15) is 0 Å². The molecule has 0 atom stereocenters. The minimum Gasteiger partial charge on any atom is -0.506 e. The molecular weight excluding hydrogens is 324 g/mol. The summed E-state index contributed by atoms with van der Waals surface area (Å²) in [5, 5.41) is 13.3. The number of pyridine rings is 1. The lowest BCUT2D eigenvalue weighted by Crippen LogP contribution is -2.33. The first-order valence-corrected chi connectivity index (χ1v) is 8.08. The number of carbonyl (C=O) groups is 2. The van der Waals surface area contributed by atoms with E-state index in [4.69, 9.17) is 9.47 Å². The largest absolute Gasteiger partial charge is 0.506 e. The van der Waals surface area contributed by atoms with Crippen LogP contribution in [0.4, 0.5) is 0 Å². The molecule has 0 aromatic carbocycles. The van der Waals surface area contributed by atoms with Crippen LogP contribution in [0.15, 0.2) is 40.9 Å². The van der Waals surface area contributed by atoms with E-state index in [-0.39, 0.29) is 35.8 Å². The Hall–Kier alpha value is -2.83.